The third-order valence-electron chi connectivity index (χ3n) is 3.43. The van der Waals surface area contributed by atoms with Gasteiger partial charge >= 0.3 is 0 Å². The van der Waals surface area contributed by atoms with E-state index < -0.39 is 0 Å². The molecule has 6 nitrogen and oxygen atoms in total. The molecular formula is C15H22N4O2S. The zero-order valence-corrected chi connectivity index (χ0v) is 13.5. The number of benzene rings is 1. The molecule has 0 bridgehead atoms. The first-order chi connectivity index (χ1) is 10.6. The van der Waals surface area contributed by atoms with Crippen LogP contribution in [-0.4, -0.2) is 60.2 Å². The summed E-state index contributed by atoms with van der Waals surface area (Å²) in [5.41, 5.74) is 4.57. The quantitative estimate of drug-likeness (QED) is 0.425. The second-order valence-corrected chi connectivity index (χ2v) is 5.47. The monoisotopic (exact) mass is 322 g/mol. The van der Waals surface area contributed by atoms with Crippen molar-refractivity contribution >= 4 is 23.0 Å². The maximum absolute atomic E-state index is 9.26. The van der Waals surface area contributed by atoms with Gasteiger partial charge in [0.15, 0.2) is 5.11 Å². The maximum atomic E-state index is 9.26. The van der Waals surface area contributed by atoms with Crippen molar-refractivity contribution < 1.29 is 9.84 Å². The van der Waals surface area contributed by atoms with E-state index >= 15 is 0 Å². The first kappa shape index (κ1) is 16.7. The van der Waals surface area contributed by atoms with E-state index in [4.69, 9.17) is 17.0 Å². The molecule has 3 N–H and O–H groups in total. The van der Waals surface area contributed by atoms with Gasteiger partial charge in [-0.05, 0) is 49.0 Å². The van der Waals surface area contributed by atoms with Crippen molar-refractivity contribution in [1.82, 2.24) is 15.6 Å². The molecule has 1 aliphatic rings. The largest absolute Gasteiger partial charge is 0.508 e. The summed E-state index contributed by atoms with van der Waals surface area (Å²) in [6.45, 7) is 7.15. The van der Waals surface area contributed by atoms with Gasteiger partial charge in [-0.15, -0.1) is 0 Å². The molecule has 2 rings (SSSR count). The van der Waals surface area contributed by atoms with E-state index in [0.717, 1.165) is 50.7 Å². The van der Waals surface area contributed by atoms with Crippen molar-refractivity contribution in [3.8, 4) is 5.75 Å². The SMILES string of the molecule is C/C(=N\NC(=S)NCCN1CCOCC1)c1ccc(O)cc1. The normalized spacial score (nSPS) is 16.3. The van der Waals surface area contributed by atoms with Crippen LogP contribution < -0.4 is 10.7 Å². The predicted molar refractivity (Wildman–Crippen MR) is 91.3 cm³/mol. The fourth-order valence-corrected chi connectivity index (χ4v) is 2.24. The zero-order chi connectivity index (χ0) is 15.8. The lowest BCUT2D eigenvalue weighted by Crippen LogP contribution is -2.42. The van der Waals surface area contributed by atoms with Gasteiger partial charge in [-0.3, -0.25) is 10.3 Å². The lowest BCUT2D eigenvalue weighted by Gasteiger charge is -2.26. The van der Waals surface area contributed by atoms with Crippen LogP contribution in [0.1, 0.15) is 12.5 Å². The minimum Gasteiger partial charge on any atom is -0.508 e. The Hall–Kier alpha value is -1.70. The van der Waals surface area contributed by atoms with Crippen molar-refractivity contribution in [3.63, 3.8) is 0 Å². The smallest absolute Gasteiger partial charge is 0.187 e. The van der Waals surface area contributed by atoms with Crippen LogP contribution in [0.4, 0.5) is 0 Å². The van der Waals surface area contributed by atoms with E-state index in [1.807, 2.05) is 19.1 Å². The van der Waals surface area contributed by atoms with E-state index in [1.54, 1.807) is 12.1 Å². The molecule has 0 radical (unpaired) electrons. The summed E-state index contributed by atoms with van der Waals surface area (Å²) in [6.07, 6.45) is 0. The Kier molecular flexibility index (Phi) is 6.57. The summed E-state index contributed by atoms with van der Waals surface area (Å²) in [5.74, 6) is 0.241. The van der Waals surface area contributed by atoms with Crippen molar-refractivity contribution in [2.75, 3.05) is 39.4 Å². The van der Waals surface area contributed by atoms with Gasteiger partial charge in [-0.1, -0.05) is 0 Å². The minimum absolute atomic E-state index is 0.241. The Morgan fingerprint density at radius 2 is 2.00 bits per heavy atom. The molecule has 0 spiro atoms. The number of phenolic OH excluding ortho intramolecular Hbond substituents is 1. The molecule has 7 heteroatoms. The molecular weight excluding hydrogens is 300 g/mol. The second-order valence-electron chi connectivity index (χ2n) is 5.07. The fourth-order valence-electron chi connectivity index (χ4n) is 2.09. The number of nitrogens with one attached hydrogen (secondary N) is 2. The van der Waals surface area contributed by atoms with Crippen LogP contribution in [0.2, 0.25) is 0 Å². The molecule has 0 unspecified atom stereocenters. The summed E-state index contributed by atoms with van der Waals surface area (Å²) in [6, 6.07) is 6.88. The summed E-state index contributed by atoms with van der Waals surface area (Å²) < 4.78 is 5.31. The molecule has 1 fully saturated rings. The van der Waals surface area contributed by atoms with Crippen LogP contribution in [0.3, 0.4) is 0 Å². The number of rotatable bonds is 5. The van der Waals surface area contributed by atoms with Crippen molar-refractivity contribution in [2.24, 2.45) is 5.10 Å². The van der Waals surface area contributed by atoms with Gasteiger partial charge in [-0.2, -0.15) is 5.10 Å². The lowest BCUT2D eigenvalue weighted by atomic mass is 10.1. The molecule has 1 aliphatic heterocycles. The first-order valence-electron chi connectivity index (χ1n) is 7.33. The maximum Gasteiger partial charge on any atom is 0.187 e. The average Bonchev–Trinajstić information content (AvgIpc) is 2.54. The third kappa shape index (κ3) is 5.59. The van der Waals surface area contributed by atoms with E-state index in [2.05, 4.69) is 20.7 Å². The van der Waals surface area contributed by atoms with Crippen LogP contribution in [0.15, 0.2) is 29.4 Å². The third-order valence-corrected chi connectivity index (χ3v) is 3.66. The minimum atomic E-state index is 0.241. The molecule has 1 aromatic rings. The number of ether oxygens (including phenoxy) is 1. The van der Waals surface area contributed by atoms with Gasteiger partial charge < -0.3 is 15.2 Å². The topological polar surface area (TPSA) is 69.1 Å². The second kappa shape index (κ2) is 8.67. The molecule has 0 aliphatic carbocycles. The molecule has 1 saturated heterocycles. The molecule has 22 heavy (non-hydrogen) atoms. The number of thiocarbonyl (C=S) groups is 1. The summed E-state index contributed by atoms with van der Waals surface area (Å²) in [5, 5.41) is 17.1. The highest BCUT2D eigenvalue weighted by molar-refractivity contribution is 7.80. The number of nitrogens with zero attached hydrogens (tertiary/aromatic N) is 2. The Morgan fingerprint density at radius 1 is 1.32 bits per heavy atom. The Morgan fingerprint density at radius 3 is 2.68 bits per heavy atom. The van der Waals surface area contributed by atoms with Crippen molar-refractivity contribution in [1.29, 1.82) is 0 Å². The highest BCUT2D eigenvalue weighted by Gasteiger charge is 2.09. The van der Waals surface area contributed by atoms with Gasteiger partial charge in [0.05, 0.1) is 18.9 Å². The number of hydrogen-bond acceptors (Lipinski definition) is 5. The van der Waals surface area contributed by atoms with Gasteiger partial charge in [0.2, 0.25) is 0 Å². The average molecular weight is 322 g/mol. The molecule has 1 heterocycles. The van der Waals surface area contributed by atoms with Crippen molar-refractivity contribution in [2.45, 2.75) is 6.92 Å². The number of morpholine rings is 1. The Labute approximate surface area is 136 Å². The zero-order valence-electron chi connectivity index (χ0n) is 12.7. The Balaban J connectivity index is 1.69. The first-order valence-corrected chi connectivity index (χ1v) is 7.73. The van der Waals surface area contributed by atoms with Crippen LogP contribution in [-0.2, 0) is 4.74 Å². The number of hydrogen-bond donors (Lipinski definition) is 3. The van der Waals surface area contributed by atoms with Crippen LogP contribution in [0.25, 0.3) is 0 Å². The Bertz CT molecular complexity index is 513. The number of aromatic hydroxyl groups is 1. The summed E-state index contributed by atoms with van der Waals surface area (Å²) >= 11 is 5.20. The van der Waals surface area contributed by atoms with E-state index in [-0.39, 0.29) is 5.75 Å². The van der Waals surface area contributed by atoms with Crippen molar-refractivity contribution in [3.05, 3.63) is 29.8 Å². The van der Waals surface area contributed by atoms with Gasteiger partial charge in [0.1, 0.15) is 5.75 Å². The van der Waals surface area contributed by atoms with Gasteiger partial charge in [0.25, 0.3) is 0 Å². The predicted octanol–water partition coefficient (Wildman–Crippen LogP) is 0.912. The molecule has 1 aromatic carbocycles. The van der Waals surface area contributed by atoms with Crippen LogP contribution in [0, 0.1) is 0 Å². The number of phenols is 1. The highest BCUT2D eigenvalue weighted by atomic mass is 32.1. The molecule has 120 valence electrons. The molecule has 0 saturated carbocycles. The van der Waals surface area contributed by atoms with Gasteiger partial charge in [0, 0.05) is 26.2 Å². The molecule has 0 amide bonds. The lowest BCUT2D eigenvalue weighted by molar-refractivity contribution is 0.0389. The van der Waals surface area contributed by atoms with Crippen LogP contribution in [0.5, 0.6) is 5.75 Å². The fraction of sp³-hybridized carbons (Fsp3) is 0.467. The van der Waals surface area contributed by atoms with E-state index in [9.17, 15) is 5.11 Å². The molecule has 0 atom stereocenters. The standard InChI is InChI=1S/C15H22N4O2S/c1-12(13-2-4-14(20)5-3-13)17-18-15(22)16-6-7-19-8-10-21-11-9-19/h2-5,20H,6-11H2,1H3,(H2,16,18,22)/b17-12+. The highest BCUT2D eigenvalue weighted by Crippen LogP contribution is 2.10. The van der Waals surface area contributed by atoms with Gasteiger partial charge in [-0.25, -0.2) is 0 Å². The summed E-state index contributed by atoms with van der Waals surface area (Å²) in [4.78, 5) is 2.34. The summed E-state index contributed by atoms with van der Waals surface area (Å²) in [7, 11) is 0. The van der Waals surface area contributed by atoms with E-state index in [1.165, 1.54) is 0 Å². The molecule has 0 aromatic heterocycles. The van der Waals surface area contributed by atoms with Crippen LogP contribution >= 0.6 is 12.2 Å². The number of hydrazone groups is 1. The van der Waals surface area contributed by atoms with E-state index in [0.29, 0.717) is 5.11 Å².